The Hall–Kier alpha value is 0.132. The van der Waals surface area contributed by atoms with Gasteiger partial charge in [-0.15, -0.1) is 6.07 Å². The summed E-state index contributed by atoms with van der Waals surface area (Å²) in [6.07, 6.45) is 4.13. The van der Waals surface area contributed by atoms with E-state index in [0.29, 0.717) is 0 Å². The first-order valence-corrected chi connectivity index (χ1v) is 2.05. The van der Waals surface area contributed by atoms with Crippen LogP contribution in [0.15, 0.2) is 12.3 Å². The molecule has 1 rings (SSSR count). The van der Waals surface area contributed by atoms with Crippen LogP contribution in [0.3, 0.4) is 0 Å². The molecule has 0 radical (unpaired) electrons. The quantitative estimate of drug-likeness (QED) is 0.656. The van der Waals surface area contributed by atoms with Gasteiger partial charge in [-0.3, -0.25) is 0 Å². The molecule has 0 bridgehead atoms. The van der Waals surface area contributed by atoms with Gasteiger partial charge in [-0.2, -0.15) is 0 Å². The first-order chi connectivity index (χ1) is 3.39. The minimum atomic E-state index is 0. The van der Waals surface area contributed by atoms with Gasteiger partial charge in [0.1, 0.15) is 0 Å². The minimum Gasteiger partial charge on any atom is -0.374 e. The number of aromatic nitrogens is 2. The van der Waals surface area contributed by atoms with Gasteiger partial charge in [-0.25, -0.2) is 0 Å². The molecule has 9 heavy (non-hydrogen) atoms. The summed E-state index contributed by atoms with van der Waals surface area (Å²) in [4.78, 5) is 7.35. The van der Waals surface area contributed by atoms with Crippen molar-refractivity contribution in [3.63, 3.8) is 0 Å². The molecule has 0 aromatic carbocycles. The van der Waals surface area contributed by atoms with Crippen LogP contribution in [0.25, 0.3) is 0 Å². The largest absolute Gasteiger partial charge is 2.00 e. The topological polar surface area (TPSA) is 25.8 Å². The van der Waals surface area contributed by atoms with E-state index in [1.54, 1.807) is 6.20 Å². The normalized spacial score (nSPS) is 6.78. The van der Waals surface area contributed by atoms with Gasteiger partial charge in [-0.05, 0) is 0 Å². The molecule has 0 aliphatic rings. The average Bonchev–Trinajstić information content (AvgIpc) is 1.69. The van der Waals surface area contributed by atoms with E-state index in [1.165, 1.54) is 0 Å². The third kappa shape index (κ3) is 4.62. The summed E-state index contributed by atoms with van der Waals surface area (Å²) in [6.45, 7) is 1.90. The molecule has 0 aliphatic carbocycles. The van der Waals surface area contributed by atoms with Crippen LogP contribution in [0.1, 0.15) is 5.69 Å². The first-order valence-electron chi connectivity index (χ1n) is 2.05. The van der Waals surface area contributed by atoms with Crippen molar-refractivity contribution in [3.8, 4) is 0 Å². The zero-order chi connectivity index (χ0) is 5.11. The smallest absolute Gasteiger partial charge is 0.374 e. The molecule has 46 valence electrons. The van der Waals surface area contributed by atoms with Crippen LogP contribution in [0.5, 0.6) is 0 Å². The summed E-state index contributed by atoms with van der Waals surface area (Å²) >= 11 is 0. The molecule has 0 atom stereocenters. The maximum absolute atomic E-state index is 3.74. The second-order valence-electron chi connectivity index (χ2n) is 1.30. The standard InChI is InChI=1S/C5H5N2.CH3.U/c1-5-2-3-6-4-7-5;;/h2-3H,1H3;1H3;/q2*-1;+2. The van der Waals surface area contributed by atoms with E-state index in [-0.39, 0.29) is 38.5 Å². The molecule has 0 spiro atoms. The van der Waals surface area contributed by atoms with Gasteiger partial charge in [0.05, 0.1) is 0 Å². The summed E-state index contributed by atoms with van der Waals surface area (Å²) in [7, 11) is 0. The molecule has 0 N–H and O–H groups in total. The van der Waals surface area contributed by atoms with Gasteiger partial charge in [-0.1, -0.05) is 18.8 Å². The third-order valence-corrected chi connectivity index (χ3v) is 0.674. The summed E-state index contributed by atoms with van der Waals surface area (Å²) in [5.74, 6) is 0. The summed E-state index contributed by atoms with van der Waals surface area (Å²) in [5.41, 5.74) is 0.954. The SMILES string of the molecule is Cc1ccn[c-]n1.[CH3-].[U+2]. The Morgan fingerprint density at radius 1 is 1.56 bits per heavy atom. The Morgan fingerprint density at radius 2 is 2.22 bits per heavy atom. The Kier molecular flexibility index (Phi) is 8.25. The van der Waals surface area contributed by atoms with Crippen LogP contribution >= 0.6 is 0 Å². The first kappa shape index (κ1) is 11.9. The van der Waals surface area contributed by atoms with Crippen molar-refractivity contribution in [2.24, 2.45) is 0 Å². The Morgan fingerprint density at radius 3 is 2.44 bits per heavy atom. The fraction of sp³-hybridized carbons (Fsp3) is 0.167. The number of aryl methyl sites for hydroxylation is 1. The zero-order valence-corrected chi connectivity index (χ0v) is 9.71. The molecule has 0 fully saturated rings. The Balaban J connectivity index is 0. The fourth-order valence-electron chi connectivity index (χ4n) is 0.323. The van der Waals surface area contributed by atoms with E-state index >= 15 is 0 Å². The average molecular weight is 346 g/mol. The van der Waals surface area contributed by atoms with Crippen molar-refractivity contribution >= 4 is 0 Å². The van der Waals surface area contributed by atoms with Crippen molar-refractivity contribution < 1.29 is 31.1 Å². The van der Waals surface area contributed by atoms with Crippen LogP contribution in [-0.2, 0) is 0 Å². The monoisotopic (exact) mass is 346 g/mol. The Labute approximate surface area is 79.5 Å². The molecule has 0 unspecified atom stereocenters. The van der Waals surface area contributed by atoms with Crippen molar-refractivity contribution in [2.75, 3.05) is 0 Å². The summed E-state index contributed by atoms with van der Waals surface area (Å²) < 4.78 is 0. The molecule has 3 heteroatoms. The molecule has 0 aliphatic heterocycles. The minimum absolute atomic E-state index is 0. The predicted molar refractivity (Wildman–Crippen MR) is 32.0 cm³/mol. The van der Waals surface area contributed by atoms with Crippen LogP contribution in [0, 0.1) is 51.8 Å². The number of rotatable bonds is 0. The molecule has 1 aromatic rings. The second kappa shape index (κ2) is 6.25. The van der Waals surface area contributed by atoms with E-state index in [1.807, 2.05) is 13.0 Å². The number of hydrogen-bond acceptors (Lipinski definition) is 2. The van der Waals surface area contributed by atoms with Gasteiger partial charge >= 0.3 is 31.1 Å². The number of hydrogen-bond donors (Lipinski definition) is 0. The summed E-state index contributed by atoms with van der Waals surface area (Å²) in [5, 5.41) is 0. The fourth-order valence-corrected chi connectivity index (χ4v) is 0.323. The van der Waals surface area contributed by atoms with Crippen molar-refractivity contribution in [1.82, 2.24) is 9.97 Å². The van der Waals surface area contributed by atoms with Gasteiger partial charge in [0.15, 0.2) is 0 Å². The Bertz CT molecular complexity index is 141. The molecule has 0 amide bonds. The molecule has 0 saturated heterocycles. The third-order valence-electron chi connectivity index (χ3n) is 0.674. The van der Waals surface area contributed by atoms with E-state index in [9.17, 15) is 0 Å². The molecule has 0 saturated carbocycles. The molecular formula is C6H8N2U. The number of nitrogens with zero attached hydrogens (tertiary/aromatic N) is 2. The van der Waals surface area contributed by atoms with E-state index < -0.39 is 0 Å². The predicted octanol–water partition coefficient (Wildman–Crippen LogP) is 1.04. The second-order valence-corrected chi connectivity index (χ2v) is 1.30. The van der Waals surface area contributed by atoms with E-state index in [0.717, 1.165) is 5.69 Å². The van der Waals surface area contributed by atoms with Crippen LogP contribution in [0.4, 0.5) is 0 Å². The zero-order valence-electron chi connectivity index (χ0n) is 5.55. The molecule has 2 nitrogen and oxygen atoms in total. The summed E-state index contributed by atoms with van der Waals surface area (Å²) in [6, 6.07) is 1.83. The maximum Gasteiger partial charge on any atom is 2.00 e. The maximum atomic E-state index is 3.74. The van der Waals surface area contributed by atoms with Gasteiger partial charge < -0.3 is 17.4 Å². The van der Waals surface area contributed by atoms with Crippen LogP contribution < -0.4 is 0 Å². The van der Waals surface area contributed by atoms with Crippen LogP contribution in [0.2, 0.25) is 0 Å². The van der Waals surface area contributed by atoms with Crippen molar-refractivity contribution in [1.29, 1.82) is 0 Å². The van der Waals surface area contributed by atoms with Crippen LogP contribution in [-0.4, -0.2) is 9.97 Å². The van der Waals surface area contributed by atoms with Crippen molar-refractivity contribution in [2.45, 2.75) is 6.92 Å². The van der Waals surface area contributed by atoms with Crippen molar-refractivity contribution in [3.05, 3.63) is 31.7 Å². The van der Waals surface area contributed by atoms with E-state index in [4.69, 9.17) is 0 Å². The van der Waals surface area contributed by atoms with E-state index in [2.05, 4.69) is 16.3 Å². The molecule has 1 aromatic heterocycles. The van der Waals surface area contributed by atoms with Gasteiger partial charge in [0.2, 0.25) is 0 Å². The van der Waals surface area contributed by atoms with Gasteiger partial charge in [0, 0.05) is 6.33 Å². The van der Waals surface area contributed by atoms with Gasteiger partial charge in [0.25, 0.3) is 0 Å². The molecule has 1 heterocycles. The molecular weight excluding hydrogens is 338 g/mol.